The molecule has 0 bridgehead atoms. The van der Waals surface area contributed by atoms with Crippen molar-refractivity contribution in [2.24, 2.45) is 0 Å². The molecule has 5 nitrogen and oxygen atoms in total. The summed E-state index contributed by atoms with van der Waals surface area (Å²) in [5.41, 5.74) is 2.04. The van der Waals surface area contributed by atoms with E-state index in [0.717, 1.165) is 69.1 Å². The molecule has 0 unspecified atom stereocenters. The second kappa shape index (κ2) is 10.1. The predicted molar refractivity (Wildman–Crippen MR) is 121 cm³/mol. The van der Waals surface area contributed by atoms with Crippen molar-refractivity contribution in [3.05, 3.63) is 59.9 Å². The van der Waals surface area contributed by atoms with Gasteiger partial charge in [0.1, 0.15) is 11.6 Å². The van der Waals surface area contributed by atoms with Crippen LogP contribution in [0.4, 0.5) is 10.1 Å². The van der Waals surface area contributed by atoms with Crippen LogP contribution in [0.15, 0.2) is 48.5 Å². The maximum atomic E-state index is 13.4. The molecular formula is C25H32FN3O2. The molecule has 0 spiro atoms. The van der Waals surface area contributed by atoms with Crippen molar-refractivity contribution < 1.29 is 13.9 Å². The third kappa shape index (κ3) is 5.37. The number of nitrogens with zero attached hydrogens (tertiary/aromatic N) is 3. The molecule has 0 saturated carbocycles. The van der Waals surface area contributed by atoms with Gasteiger partial charge in [-0.1, -0.05) is 24.3 Å². The van der Waals surface area contributed by atoms with Crippen LogP contribution in [0.5, 0.6) is 5.75 Å². The molecule has 2 fully saturated rings. The Balaban J connectivity index is 1.28. The zero-order valence-corrected chi connectivity index (χ0v) is 18.3. The van der Waals surface area contributed by atoms with E-state index < -0.39 is 0 Å². The molecule has 0 aliphatic carbocycles. The van der Waals surface area contributed by atoms with Gasteiger partial charge in [-0.3, -0.25) is 9.69 Å². The molecule has 2 aliphatic heterocycles. The molecule has 4 rings (SSSR count). The maximum absolute atomic E-state index is 13.4. The summed E-state index contributed by atoms with van der Waals surface area (Å²) in [5.74, 6) is 0.862. The number of rotatable bonds is 6. The predicted octanol–water partition coefficient (Wildman–Crippen LogP) is 3.58. The number of likely N-dealkylation sites (tertiary alicyclic amines) is 1. The fraction of sp³-hybridized carbons (Fsp3) is 0.480. The van der Waals surface area contributed by atoms with Crippen molar-refractivity contribution >= 4 is 11.6 Å². The molecular weight excluding hydrogens is 393 g/mol. The van der Waals surface area contributed by atoms with E-state index in [0.29, 0.717) is 18.9 Å². The molecule has 2 heterocycles. The van der Waals surface area contributed by atoms with Gasteiger partial charge >= 0.3 is 0 Å². The number of amides is 1. The van der Waals surface area contributed by atoms with Gasteiger partial charge in [0.15, 0.2) is 0 Å². The minimum Gasteiger partial charge on any atom is -0.495 e. The zero-order valence-electron chi connectivity index (χ0n) is 18.3. The lowest BCUT2D eigenvalue weighted by molar-refractivity contribution is -0.133. The van der Waals surface area contributed by atoms with Crippen molar-refractivity contribution in [3.63, 3.8) is 0 Å². The summed E-state index contributed by atoms with van der Waals surface area (Å²) in [4.78, 5) is 19.7. The zero-order chi connectivity index (χ0) is 21.6. The minimum absolute atomic E-state index is 0.182. The Morgan fingerprint density at radius 3 is 2.65 bits per heavy atom. The molecule has 2 aromatic rings. The molecule has 0 aromatic heterocycles. The number of benzene rings is 2. The van der Waals surface area contributed by atoms with Gasteiger partial charge in [-0.05, 0) is 49.1 Å². The topological polar surface area (TPSA) is 36.0 Å². The van der Waals surface area contributed by atoms with Crippen LogP contribution in [-0.4, -0.2) is 68.1 Å². The molecule has 2 aliphatic rings. The number of halogens is 1. The highest BCUT2D eigenvalue weighted by Crippen LogP contribution is 2.29. The van der Waals surface area contributed by atoms with Crippen LogP contribution >= 0.6 is 0 Å². The first kappa shape index (κ1) is 21.6. The monoisotopic (exact) mass is 425 g/mol. The first-order valence-corrected chi connectivity index (χ1v) is 11.3. The van der Waals surface area contributed by atoms with E-state index in [-0.39, 0.29) is 11.7 Å². The molecule has 31 heavy (non-hydrogen) atoms. The summed E-state index contributed by atoms with van der Waals surface area (Å²) in [6.07, 6.45) is 3.22. The van der Waals surface area contributed by atoms with Gasteiger partial charge in [-0.2, -0.15) is 0 Å². The quantitative estimate of drug-likeness (QED) is 0.709. The van der Waals surface area contributed by atoms with Crippen LogP contribution < -0.4 is 9.64 Å². The molecule has 1 amide bonds. The molecule has 1 atom stereocenters. The largest absolute Gasteiger partial charge is 0.495 e. The van der Waals surface area contributed by atoms with Gasteiger partial charge in [0.05, 0.1) is 12.8 Å². The highest BCUT2D eigenvalue weighted by Gasteiger charge is 2.30. The number of piperazine rings is 1. The van der Waals surface area contributed by atoms with Gasteiger partial charge in [0.25, 0.3) is 0 Å². The van der Waals surface area contributed by atoms with Crippen molar-refractivity contribution in [3.8, 4) is 5.75 Å². The molecule has 6 heteroatoms. The number of methoxy groups -OCH3 is 1. The Morgan fingerprint density at radius 2 is 1.87 bits per heavy atom. The van der Waals surface area contributed by atoms with E-state index in [1.54, 1.807) is 13.2 Å². The highest BCUT2D eigenvalue weighted by molar-refractivity contribution is 5.76. The fourth-order valence-electron chi connectivity index (χ4n) is 4.80. The van der Waals surface area contributed by atoms with E-state index in [9.17, 15) is 9.18 Å². The first-order valence-electron chi connectivity index (χ1n) is 11.3. The highest BCUT2D eigenvalue weighted by atomic mass is 19.1. The van der Waals surface area contributed by atoms with Crippen LogP contribution in [0.3, 0.4) is 0 Å². The number of para-hydroxylation sites is 2. The van der Waals surface area contributed by atoms with E-state index in [2.05, 4.69) is 21.9 Å². The number of piperidine rings is 1. The second-order valence-electron chi connectivity index (χ2n) is 8.46. The normalized spacial score (nSPS) is 20.0. The Labute approximate surface area is 184 Å². The molecule has 0 N–H and O–H groups in total. The molecule has 0 radical (unpaired) electrons. The van der Waals surface area contributed by atoms with E-state index >= 15 is 0 Å². The summed E-state index contributed by atoms with van der Waals surface area (Å²) in [7, 11) is 1.72. The smallest absolute Gasteiger partial charge is 0.222 e. The SMILES string of the molecule is COc1ccccc1N1CCN([C@H]2CCCN(C(=O)CCc3cccc(F)c3)C2)CC1. The number of aryl methyl sites for hydroxylation is 1. The average Bonchev–Trinajstić information content (AvgIpc) is 2.83. The second-order valence-corrected chi connectivity index (χ2v) is 8.46. The number of hydrogen-bond acceptors (Lipinski definition) is 4. The van der Waals surface area contributed by atoms with Gasteiger partial charge in [-0.25, -0.2) is 4.39 Å². The summed E-state index contributed by atoms with van der Waals surface area (Å²) in [6, 6.07) is 15.2. The lowest BCUT2D eigenvalue weighted by Gasteiger charge is -2.44. The number of carbonyl (C=O) groups excluding carboxylic acids is 1. The van der Waals surface area contributed by atoms with Gasteiger partial charge in [0, 0.05) is 51.7 Å². The van der Waals surface area contributed by atoms with Crippen LogP contribution in [0, 0.1) is 5.82 Å². The maximum Gasteiger partial charge on any atom is 0.222 e. The average molecular weight is 426 g/mol. The van der Waals surface area contributed by atoms with Crippen molar-refractivity contribution in [1.29, 1.82) is 0 Å². The Kier molecular flexibility index (Phi) is 7.07. The number of anilines is 1. The molecule has 2 saturated heterocycles. The van der Waals surface area contributed by atoms with Crippen LogP contribution in [0.1, 0.15) is 24.8 Å². The summed E-state index contributed by atoms with van der Waals surface area (Å²) < 4.78 is 18.9. The lowest BCUT2D eigenvalue weighted by atomic mass is 10.0. The summed E-state index contributed by atoms with van der Waals surface area (Å²) in [6.45, 7) is 5.55. The lowest BCUT2D eigenvalue weighted by Crippen LogP contribution is -2.56. The third-order valence-corrected chi connectivity index (χ3v) is 6.52. The number of hydrogen-bond donors (Lipinski definition) is 0. The van der Waals surface area contributed by atoms with Gasteiger partial charge in [0.2, 0.25) is 5.91 Å². The third-order valence-electron chi connectivity index (χ3n) is 6.52. The first-order chi connectivity index (χ1) is 15.1. The summed E-state index contributed by atoms with van der Waals surface area (Å²) in [5, 5.41) is 0. The van der Waals surface area contributed by atoms with E-state index in [4.69, 9.17) is 4.74 Å². The molecule has 166 valence electrons. The van der Waals surface area contributed by atoms with Crippen LogP contribution in [-0.2, 0) is 11.2 Å². The molecule has 2 aromatic carbocycles. The van der Waals surface area contributed by atoms with Crippen molar-refractivity contribution in [2.75, 3.05) is 51.3 Å². The standard InChI is InChI=1S/C25H32FN3O2/c1-31-24-10-3-2-9-23(24)28-16-14-27(15-17-28)22-8-5-13-29(19-22)25(30)12-11-20-6-4-7-21(26)18-20/h2-4,6-7,9-10,18,22H,5,8,11-17,19H2,1H3/t22-/m0/s1. The van der Waals surface area contributed by atoms with E-state index in [1.807, 2.05) is 23.1 Å². The van der Waals surface area contributed by atoms with E-state index in [1.165, 1.54) is 12.1 Å². The van der Waals surface area contributed by atoms with Crippen LogP contribution in [0.2, 0.25) is 0 Å². The van der Waals surface area contributed by atoms with Gasteiger partial charge in [-0.15, -0.1) is 0 Å². The van der Waals surface area contributed by atoms with Crippen LogP contribution in [0.25, 0.3) is 0 Å². The Bertz CT molecular complexity index is 883. The minimum atomic E-state index is -0.241. The number of ether oxygens (including phenoxy) is 1. The summed E-state index contributed by atoms with van der Waals surface area (Å²) >= 11 is 0. The number of carbonyl (C=O) groups is 1. The Morgan fingerprint density at radius 1 is 1.06 bits per heavy atom. The van der Waals surface area contributed by atoms with Crippen molar-refractivity contribution in [2.45, 2.75) is 31.7 Å². The van der Waals surface area contributed by atoms with Gasteiger partial charge < -0.3 is 14.5 Å². The Hall–Kier alpha value is -2.60. The van der Waals surface area contributed by atoms with Crippen molar-refractivity contribution in [1.82, 2.24) is 9.80 Å². The fourth-order valence-corrected chi connectivity index (χ4v) is 4.80.